The first-order valence-corrected chi connectivity index (χ1v) is 8.68. The van der Waals surface area contributed by atoms with Gasteiger partial charge in [-0.2, -0.15) is 0 Å². The third-order valence-electron chi connectivity index (χ3n) is 3.08. The number of thiophene rings is 3. The molecule has 0 fully saturated rings. The van der Waals surface area contributed by atoms with Crippen LogP contribution in [-0.4, -0.2) is 9.97 Å². The van der Waals surface area contributed by atoms with Crippen LogP contribution in [0.25, 0.3) is 30.5 Å². The minimum absolute atomic E-state index is 0.615. The molecule has 2 N–H and O–H groups in total. The molecule has 0 aliphatic rings. The van der Waals surface area contributed by atoms with Gasteiger partial charge in [0.15, 0.2) is 0 Å². The Balaban J connectivity index is 2.14. The summed E-state index contributed by atoms with van der Waals surface area (Å²) in [5.41, 5.74) is 0.178. The second-order valence-electron chi connectivity index (χ2n) is 4.37. The number of aromatic amines is 2. The Morgan fingerprint density at radius 2 is 1.24 bits per heavy atom. The van der Waals surface area contributed by atoms with E-state index in [9.17, 15) is 9.59 Å². The van der Waals surface area contributed by atoms with Crippen molar-refractivity contribution in [1.29, 1.82) is 0 Å². The van der Waals surface area contributed by atoms with Gasteiger partial charge in [0.05, 0.1) is 20.8 Å². The molecule has 0 radical (unpaired) electrons. The fourth-order valence-corrected chi connectivity index (χ4v) is 5.10. The summed E-state index contributed by atoms with van der Waals surface area (Å²) in [5, 5.41) is 3.99. The van der Waals surface area contributed by atoms with E-state index in [4.69, 9.17) is 0 Å². The molecule has 0 amide bonds. The summed E-state index contributed by atoms with van der Waals surface area (Å²) in [6.07, 6.45) is 0. The first-order chi connectivity index (χ1) is 10.2. The lowest BCUT2D eigenvalue weighted by molar-refractivity contribution is 1.15. The third-order valence-corrected chi connectivity index (χ3v) is 6.37. The minimum atomic E-state index is -0.615. The van der Waals surface area contributed by atoms with Crippen LogP contribution in [0.5, 0.6) is 0 Å². The lowest BCUT2D eigenvalue weighted by Gasteiger charge is -1.94. The number of hydrogen-bond donors (Lipinski definition) is 2. The highest BCUT2D eigenvalue weighted by Gasteiger charge is 2.17. The zero-order chi connectivity index (χ0) is 14.4. The fourth-order valence-electron chi connectivity index (χ4n) is 2.17. The molecule has 0 atom stereocenters. The first kappa shape index (κ1) is 12.8. The highest BCUT2D eigenvalue weighted by atomic mass is 32.1. The van der Waals surface area contributed by atoms with Gasteiger partial charge in [0.1, 0.15) is 0 Å². The summed E-state index contributed by atoms with van der Waals surface area (Å²) in [7, 11) is 0. The molecule has 0 aliphatic carbocycles. The van der Waals surface area contributed by atoms with E-state index in [0.717, 1.165) is 19.5 Å². The van der Waals surface area contributed by atoms with Crippen molar-refractivity contribution in [2.24, 2.45) is 0 Å². The number of aromatic nitrogens is 2. The number of nitrogens with one attached hydrogen (secondary N) is 2. The fraction of sp³-hybridized carbons (Fsp3) is 0. The minimum Gasteiger partial charge on any atom is -0.315 e. The van der Waals surface area contributed by atoms with Crippen LogP contribution >= 0.6 is 34.0 Å². The van der Waals surface area contributed by atoms with Gasteiger partial charge in [0, 0.05) is 9.75 Å². The lowest BCUT2D eigenvalue weighted by Crippen LogP contribution is -2.28. The molecular formula is C14H8N2O2S3. The Labute approximate surface area is 130 Å². The van der Waals surface area contributed by atoms with Crippen LogP contribution in [0.4, 0.5) is 0 Å². The average molecular weight is 332 g/mol. The molecule has 4 nitrogen and oxygen atoms in total. The highest BCUT2D eigenvalue weighted by molar-refractivity contribution is 7.27. The monoisotopic (exact) mass is 332 g/mol. The van der Waals surface area contributed by atoms with Gasteiger partial charge in [-0.25, -0.2) is 0 Å². The van der Waals surface area contributed by atoms with E-state index in [-0.39, 0.29) is 0 Å². The molecule has 0 saturated carbocycles. The molecule has 4 heterocycles. The number of hydrogen-bond acceptors (Lipinski definition) is 5. The van der Waals surface area contributed by atoms with E-state index >= 15 is 0 Å². The van der Waals surface area contributed by atoms with Gasteiger partial charge >= 0.3 is 11.1 Å². The molecule has 7 heteroatoms. The molecule has 4 rings (SSSR count). The van der Waals surface area contributed by atoms with E-state index < -0.39 is 11.1 Å². The molecule has 0 unspecified atom stereocenters. The number of rotatable bonds is 2. The second kappa shape index (κ2) is 4.80. The van der Waals surface area contributed by atoms with E-state index in [1.807, 2.05) is 35.0 Å². The Morgan fingerprint density at radius 1 is 0.762 bits per heavy atom. The molecule has 4 aromatic rings. The van der Waals surface area contributed by atoms with Crippen molar-refractivity contribution in [3.05, 3.63) is 55.7 Å². The van der Waals surface area contributed by atoms with E-state index in [1.54, 1.807) is 34.0 Å². The van der Waals surface area contributed by atoms with Crippen molar-refractivity contribution in [3.8, 4) is 19.5 Å². The maximum Gasteiger partial charge on any atom is 0.314 e. The van der Waals surface area contributed by atoms with Crippen LogP contribution in [0.3, 0.4) is 0 Å². The SMILES string of the molecule is O=c1[nH]c2c(-c3cccs3)sc(-c3cccs3)c2[nH]c1=O. The second-order valence-corrected chi connectivity index (χ2v) is 7.29. The van der Waals surface area contributed by atoms with Crippen LogP contribution in [0.15, 0.2) is 44.6 Å². The molecule has 0 saturated heterocycles. The van der Waals surface area contributed by atoms with Crippen LogP contribution < -0.4 is 11.1 Å². The van der Waals surface area contributed by atoms with Gasteiger partial charge in [-0.3, -0.25) is 9.59 Å². The van der Waals surface area contributed by atoms with Crippen molar-refractivity contribution in [3.63, 3.8) is 0 Å². The van der Waals surface area contributed by atoms with Crippen LogP contribution in [0.2, 0.25) is 0 Å². The quantitative estimate of drug-likeness (QED) is 0.549. The predicted octanol–water partition coefficient (Wildman–Crippen LogP) is 3.73. The zero-order valence-corrected chi connectivity index (χ0v) is 13.0. The van der Waals surface area contributed by atoms with E-state index in [2.05, 4.69) is 9.97 Å². The normalized spacial score (nSPS) is 11.2. The van der Waals surface area contributed by atoms with Crippen molar-refractivity contribution in [1.82, 2.24) is 9.97 Å². The Kier molecular flexibility index (Phi) is 2.91. The zero-order valence-electron chi connectivity index (χ0n) is 10.5. The standard InChI is InChI=1S/C14H8N2O2S3/c17-13-14(18)16-10-9(15-13)11(7-3-1-5-19-7)21-12(10)8-4-2-6-20-8/h1-6H,(H,15,17)(H,16,18). The molecular weight excluding hydrogens is 324 g/mol. The molecule has 4 aromatic heterocycles. The first-order valence-electron chi connectivity index (χ1n) is 6.11. The number of H-pyrrole nitrogens is 2. The highest BCUT2D eigenvalue weighted by Crippen LogP contribution is 2.44. The van der Waals surface area contributed by atoms with Crippen LogP contribution in [0.1, 0.15) is 0 Å². The van der Waals surface area contributed by atoms with Gasteiger partial charge in [-0.15, -0.1) is 34.0 Å². The van der Waals surface area contributed by atoms with E-state index in [1.165, 1.54) is 0 Å². The average Bonchev–Trinajstić information content (AvgIpc) is 3.18. The van der Waals surface area contributed by atoms with Crippen molar-refractivity contribution in [2.75, 3.05) is 0 Å². The number of fused-ring (bicyclic) bond motifs is 1. The van der Waals surface area contributed by atoms with Gasteiger partial charge in [0.25, 0.3) is 0 Å². The summed E-state index contributed by atoms with van der Waals surface area (Å²) in [6, 6.07) is 7.97. The Hall–Kier alpha value is -1.96. The van der Waals surface area contributed by atoms with Gasteiger partial charge < -0.3 is 9.97 Å². The molecule has 0 bridgehead atoms. The Morgan fingerprint density at radius 3 is 1.62 bits per heavy atom. The molecule has 0 aromatic carbocycles. The molecule has 0 aliphatic heterocycles. The van der Waals surface area contributed by atoms with Gasteiger partial charge in [-0.05, 0) is 22.9 Å². The van der Waals surface area contributed by atoms with Crippen LogP contribution in [-0.2, 0) is 0 Å². The maximum atomic E-state index is 11.7. The Bertz CT molecular complexity index is 938. The summed E-state index contributed by atoms with van der Waals surface area (Å²) in [5.74, 6) is 0. The van der Waals surface area contributed by atoms with Gasteiger partial charge in [-0.1, -0.05) is 12.1 Å². The lowest BCUT2D eigenvalue weighted by atomic mass is 10.3. The molecule has 21 heavy (non-hydrogen) atoms. The molecule has 0 spiro atoms. The van der Waals surface area contributed by atoms with Crippen molar-refractivity contribution in [2.45, 2.75) is 0 Å². The van der Waals surface area contributed by atoms with Crippen LogP contribution in [0, 0.1) is 0 Å². The largest absolute Gasteiger partial charge is 0.315 e. The summed E-state index contributed by atoms with van der Waals surface area (Å²) in [6.45, 7) is 0. The summed E-state index contributed by atoms with van der Waals surface area (Å²) < 4.78 is 0. The van der Waals surface area contributed by atoms with E-state index in [0.29, 0.717) is 11.0 Å². The smallest absolute Gasteiger partial charge is 0.314 e. The van der Waals surface area contributed by atoms with Crippen molar-refractivity contribution < 1.29 is 0 Å². The van der Waals surface area contributed by atoms with Crippen molar-refractivity contribution >= 4 is 45.0 Å². The topological polar surface area (TPSA) is 65.7 Å². The summed E-state index contributed by atoms with van der Waals surface area (Å²) >= 11 is 4.81. The third kappa shape index (κ3) is 2.01. The summed E-state index contributed by atoms with van der Waals surface area (Å²) in [4.78, 5) is 32.9. The maximum absolute atomic E-state index is 11.7. The molecule has 104 valence electrons. The van der Waals surface area contributed by atoms with Gasteiger partial charge in [0.2, 0.25) is 0 Å². The predicted molar refractivity (Wildman–Crippen MR) is 89.7 cm³/mol.